The Labute approximate surface area is 136 Å². The van der Waals surface area contributed by atoms with Crippen molar-refractivity contribution in [1.82, 2.24) is 25.0 Å². The van der Waals surface area contributed by atoms with Crippen LogP contribution in [0.25, 0.3) is 28.2 Å². The summed E-state index contributed by atoms with van der Waals surface area (Å²) in [4.78, 5) is 10.2. The molecular weight excluding hydrogens is 312 g/mol. The predicted octanol–water partition coefficient (Wildman–Crippen LogP) is 3.11. The molecule has 2 heterocycles. The molecule has 0 saturated carbocycles. The van der Waals surface area contributed by atoms with Gasteiger partial charge in [-0.3, -0.25) is 0 Å². The zero-order valence-corrected chi connectivity index (χ0v) is 12.6. The van der Waals surface area contributed by atoms with Gasteiger partial charge in [-0.2, -0.15) is 0 Å². The Balaban J connectivity index is 1.90. The van der Waals surface area contributed by atoms with Gasteiger partial charge in [0.1, 0.15) is 5.69 Å². The first kappa shape index (κ1) is 13.7. The summed E-state index contributed by atoms with van der Waals surface area (Å²) in [5, 5.41) is 9.27. The van der Waals surface area contributed by atoms with E-state index in [1.54, 1.807) is 6.07 Å². The Hall–Kier alpha value is -2.99. The van der Waals surface area contributed by atoms with E-state index in [1.807, 2.05) is 48.5 Å². The summed E-state index contributed by atoms with van der Waals surface area (Å²) in [6.07, 6.45) is 0. The molecule has 6 nitrogen and oxygen atoms in total. The quantitative estimate of drug-likeness (QED) is 0.613. The number of rotatable bonds is 2. The van der Waals surface area contributed by atoms with Gasteiger partial charge >= 0.3 is 0 Å². The summed E-state index contributed by atoms with van der Waals surface area (Å²) in [6, 6.07) is 16.9. The molecule has 0 unspecified atom stereocenters. The molecule has 0 spiro atoms. The highest BCUT2D eigenvalue weighted by atomic mass is 35.5. The summed E-state index contributed by atoms with van der Waals surface area (Å²) in [5.74, 6) is 0.800. The minimum Gasteiger partial charge on any atom is -0.382 e. The second-order valence-corrected chi connectivity index (χ2v) is 5.32. The van der Waals surface area contributed by atoms with Crippen LogP contribution in [0.2, 0.25) is 5.02 Å². The minimum atomic E-state index is 0.284. The molecule has 0 saturated heterocycles. The minimum absolute atomic E-state index is 0.284. The zero-order chi connectivity index (χ0) is 15.8. The van der Waals surface area contributed by atoms with Gasteiger partial charge in [-0.15, -0.1) is 15.0 Å². The van der Waals surface area contributed by atoms with Crippen molar-refractivity contribution in [3.63, 3.8) is 0 Å². The summed E-state index contributed by atoms with van der Waals surface area (Å²) in [7, 11) is 0. The van der Waals surface area contributed by atoms with Gasteiger partial charge in [0, 0.05) is 5.56 Å². The SMILES string of the molecule is Nc1nc(-c2ccccc2)nc2nn(-c3ccccc3Cl)nc12. The lowest BCUT2D eigenvalue weighted by atomic mass is 10.2. The van der Waals surface area contributed by atoms with Crippen LogP contribution >= 0.6 is 11.6 Å². The van der Waals surface area contributed by atoms with E-state index in [9.17, 15) is 0 Å². The average Bonchev–Trinajstić information content (AvgIpc) is 3.00. The summed E-state index contributed by atoms with van der Waals surface area (Å²) in [5.41, 5.74) is 8.43. The van der Waals surface area contributed by atoms with Crippen molar-refractivity contribution in [1.29, 1.82) is 0 Å². The number of anilines is 1. The van der Waals surface area contributed by atoms with Crippen molar-refractivity contribution in [2.24, 2.45) is 0 Å². The topological polar surface area (TPSA) is 82.5 Å². The molecule has 7 heteroatoms. The molecule has 0 radical (unpaired) electrons. The van der Waals surface area contributed by atoms with Gasteiger partial charge in [-0.25, -0.2) is 9.97 Å². The Morgan fingerprint density at radius 2 is 1.61 bits per heavy atom. The largest absolute Gasteiger partial charge is 0.382 e. The lowest BCUT2D eigenvalue weighted by Gasteiger charge is -2.00. The van der Waals surface area contributed by atoms with Gasteiger partial charge < -0.3 is 5.73 Å². The van der Waals surface area contributed by atoms with E-state index in [4.69, 9.17) is 17.3 Å². The number of nitrogens with two attached hydrogens (primary N) is 1. The number of para-hydroxylation sites is 1. The highest BCUT2D eigenvalue weighted by molar-refractivity contribution is 6.32. The number of nitrogens with zero attached hydrogens (tertiary/aromatic N) is 5. The van der Waals surface area contributed by atoms with E-state index < -0.39 is 0 Å². The van der Waals surface area contributed by atoms with Crippen molar-refractivity contribution < 1.29 is 0 Å². The van der Waals surface area contributed by atoms with Crippen molar-refractivity contribution in [2.75, 3.05) is 5.73 Å². The molecule has 2 aromatic heterocycles. The number of fused-ring (bicyclic) bond motifs is 1. The molecule has 4 rings (SSSR count). The highest BCUT2D eigenvalue weighted by Crippen LogP contribution is 2.23. The maximum atomic E-state index is 6.19. The maximum Gasteiger partial charge on any atom is 0.208 e. The number of nitrogen functional groups attached to an aromatic ring is 1. The predicted molar refractivity (Wildman–Crippen MR) is 89.3 cm³/mol. The monoisotopic (exact) mass is 322 g/mol. The molecular formula is C16H11ClN6. The molecule has 0 amide bonds. The summed E-state index contributed by atoms with van der Waals surface area (Å²) >= 11 is 6.19. The second kappa shape index (κ2) is 5.33. The Kier molecular flexibility index (Phi) is 3.17. The molecule has 2 N–H and O–H groups in total. The van der Waals surface area contributed by atoms with Crippen LogP contribution < -0.4 is 5.73 Å². The fourth-order valence-electron chi connectivity index (χ4n) is 2.27. The number of hydrogen-bond donors (Lipinski definition) is 1. The maximum absolute atomic E-state index is 6.19. The third kappa shape index (κ3) is 2.39. The van der Waals surface area contributed by atoms with Gasteiger partial charge in [0.2, 0.25) is 5.65 Å². The Morgan fingerprint density at radius 3 is 2.39 bits per heavy atom. The van der Waals surface area contributed by atoms with Crippen LogP contribution in [0.4, 0.5) is 5.82 Å². The van der Waals surface area contributed by atoms with Crippen LogP contribution in [0.5, 0.6) is 0 Å². The lowest BCUT2D eigenvalue weighted by Crippen LogP contribution is -1.99. The number of benzene rings is 2. The molecule has 0 bridgehead atoms. The van der Waals surface area contributed by atoms with Crippen LogP contribution in [-0.2, 0) is 0 Å². The lowest BCUT2D eigenvalue weighted by molar-refractivity contribution is 0.764. The van der Waals surface area contributed by atoms with Gasteiger partial charge in [0.15, 0.2) is 17.2 Å². The molecule has 0 fully saturated rings. The third-order valence-electron chi connectivity index (χ3n) is 3.38. The smallest absolute Gasteiger partial charge is 0.208 e. The van der Waals surface area contributed by atoms with E-state index in [2.05, 4.69) is 20.2 Å². The summed E-state index contributed by atoms with van der Waals surface area (Å²) < 4.78 is 0. The van der Waals surface area contributed by atoms with E-state index in [1.165, 1.54) is 4.80 Å². The van der Waals surface area contributed by atoms with Gasteiger partial charge in [0.25, 0.3) is 0 Å². The van der Waals surface area contributed by atoms with E-state index >= 15 is 0 Å². The van der Waals surface area contributed by atoms with Gasteiger partial charge in [-0.05, 0) is 12.1 Å². The number of aromatic nitrogens is 5. The number of halogens is 1. The third-order valence-corrected chi connectivity index (χ3v) is 3.70. The average molecular weight is 323 g/mol. The Bertz CT molecular complexity index is 996. The molecule has 0 aliphatic rings. The van der Waals surface area contributed by atoms with Crippen molar-refractivity contribution in [3.05, 3.63) is 59.6 Å². The van der Waals surface area contributed by atoms with Crippen LogP contribution in [0.1, 0.15) is 0 Å². The van der Waals surface area contributed by atoms with E-state index in [0.29, 0.717) is 27.7 Å². The number of hydrogen-bond acceptors (Lipinski definition) is 5. The van der Waals surface area contributed by atoms with Crippen LogP contribution in [0.3, 0.4) is 0 Å². The first-order valence-electron chi connectivity index (χ1n) is 6.93. The summed E-state index contributed by atoms with van der Waals surface area (Å²) in [6.45, 7) is 0. The fraction of sp³-hybridized carbons (Fsp3) is 0. The first-order chi connectivity index (χ1) is 11.2. The van der Waals surface area contributed by atoms with Gasteiger partial charge in [-0.1, -0.05) is 54.1 Å². The van der Waals surface area contributed by atoms with Crippen LogP contribution in [0, 0.1) is 0 Å². The molecule has 4 aromatic rings. The standard InChI is InChI=1S/C16H11ClN6/c17-11-8-4-5-9-12(11)23-21-13-14(18)19-15(20-16(13)22-23)10-6-2-1-3-7-10/h1-9H,(H2,18,19,20,22). The van der Waals surface area contributed by atoms with Gasteiger partial charge in [0.05, 0.1) is 5.02 Å². The molecule has 0 atom stereocenters. The van der Waals surface area contributed by atoms with Crippen LogP contribution in [0.15, 0.2) is 54.6 Å². The van der Waals surface area contributed by atoms with Crippen molar-refractivity contribution in [3.8, 4) is 17.1 Å². The van der Waals surface area contributed by atoms with E-state index in [-0.39, 0.29) is 5.82 Å². The normalized spacial score (nSPS) is 11.0. The Morgan fingerprint density at radius 1 is 0.870 bits per heavy atom. The highest BCUT2D eigenvalue weighted by Gasteiger charge is 2.14. The molecule has 23 heavy (non-hydrogen) atoms. The second-order valence-electron chi connectivity index (χ2n) is 4.91. The molecule has 112 valence electrons. The molecule has 2 aromatic carbocycles. The van der Waals surface area contributed by atoms with E-state index in [0.717, 1.165) is 5.56 Å². The zero-order valence-electron chi connectivity index (χ0n) is 11.9. The fourth-order valence-corrected chi connectivity index (χ4v) is 2.48. The van der Waals surface area contributed by atoms with Crippen LogP contribution in [-0.4, -0.2) is 25.0 Å². The van der Waals surface area contributed by atoms with Crippen molar-refractivity contribution >= 4 is 28.6 Å². The first-order valence-corrected chi connectivity index (χ1v) is 7.31. The molecule has 0 aliphatic heterocycles. The molecule has 0 aliphatic carbocycles. The van der Waals surface area contributed by atoms with Crippen molar-refractivity contribution in [2.45, 2.75) is 0 Å².